The number of nitrogens with zero attached hydrogens (tertiary/aromatic N) is 1. The van der Waals surface area contributed by atoms with Crippen molar-refractivity contribution in [1.29, 1.82) is 0 Å². The van der Waals surface area contributed by atoms with Crippen LogP contribution in [-0.4, -0.2) is 9.97 Å². The lowest BCUT2D eigenvalue weighted by molar-refractivity contribution is 1.08. The van der Waals surface area contributed by atoms with Gasteiger partial charge in [0.25, 0.3) is 5.56 Å². The van der Waals surface area contributed by atoms with E-state index in [1.54, 1.807) is 6.20 Å². The van der Waals surface area contributed by atoms with Gasteiger partial charge >= 0.3 is 0 Å². The molecule has 0 radical (unpaired) electrons. The van der Waals surface area contributed by atoms with E-state index in [2.05, 4.69) is 9.97 Å². The average Bonchev–Trinajstić information content (AvgIpc) is 2.51. The van der Waals surface area contributed by atoms with Crippen LogP contribution in [0.25, 0.3) is 11.3 Å². The van der Waals surface area contributed by atoms with Crippen LogP contribution in [0.3, 0.4) is 0 Å². The summed E-state index contributed by atoms with van der Waals surface area (Å²) in [7, 11) is 0. The van der Waals surface area contributed by atoms with Crippen LogP contribution in [0.15, 0.2) is 71.8 Å². The molecule has 3 nitrogen and oxygen atoms in total. The molecule has 0 saturated heterocycles. The molecule has 2 aromatic heterocycles. The molecule has 0 spiro atoms. The first kappa shape index (κ1) is 12.4. The highest BCUT2D eigenvalue weighted by molar-refractivity contribution is 5.58. The lowest BCUT2D eigenvalue weighted by atomic mass is 10.1. The van der Waals surface area contributed by atoms with Crippen LogP contribution in [0.1, 0.15) is 11.1 Å². The molecule has 0 unspecified atom stereocenters. The lowest BCUT2D eigenvalue weighted by Crippen LogP contribution is -2.11. The van der Waals surface area contributed by atoms with E-state index < -0.39 is 0 Å². The van der Waals surface area contributed by atoms with Crippen LogP contribution >= 0.6 is 0 Å². The Morgan fingerprint density at radius 3 is 2.50 bits per heavy atom. The fourth-order valence-corrected chi connectivity index (χ4v) is 2.12. The van der Waals surface area contributed by atoms with E-state index in [0.717, 1.165) is 22.4 Å². The van der Waals surface area contributed by atoms with Crippen LogP contribution in [0, 0.1) is 0 Å². The number of benzene rings is 1. The maximum Gasteiger partial charge on any atom is 0.251 e. The SMILES string of the molecule is O=c1[nH]cccc1Cc1ccc(-c2ccccc2)nc1. The Balaban J connectivity index is 1.84. The number of pyridine rings is 2. The van der Waals surface area contributed by atoms with Crippen molar-refractivity contribution in [3.05, 3.63) is 88.5 Å². The average molecular weight is 262 g/mol. The van der Waals surface area contributed by atoms with Gasteiger partial charge in [-0.3, -0.25) is 9.78 Å². The van der Waals surface area contributed by atoms with Gasteiger partial charge < -0.3 is 4.98 Å². The van der Waals surface area contributed by atoms with E-state index in [1.165, 1.54) is 0 Å². The lowest BCUT2D eigenvalue weighted by Gasteiger charge is -2.03. The normalized spacial score (nSPS) is 10.4. The molecule has 0 atom stereocenters. The van der Waals surface area contributed by atoms with E-state index in [9.17, 15) is 4.79 Å². The number of H-pyrrole nitrogens is 1. The monoisotopic (exact) mass is 262 g/mol. The molecule has 1 aromatic carbocycles. The second-order valence-electron chi connectivity index (χ2n) is 4.62. The minimum absolute atomic E-state index is 0.0420. The van der Waals surface area contributed by atoms with E-state index in [0.29, 0.717) is 6.42 Å². The van der Waals surface area contributed by atoms with Crippen molar-refractivity contribution >= 4 is 0 Å². The van der Waals surface area contributed by atoms with Gasteiger partial charge in [-0.15, -0.1) is 0 Å². The minimum Gasteiger partial charge on any atom is -0.329 e. The smallest absolute Gasteiger partial charge is 0.251 e. The topological polar surface area (TPSA) is 45.8 Å². The highest BCUT2D eigenvalue weighted by Crippen LogP contribution is 2.16. The zero-order valence-corrected chi connectivity index (χ0v) is 10.9. The molecule has 20 heavy (non-hydrogen) atoms. The quantitative estimate of drug-likeness (QED) is 0.788. The molecule has 98 valence electrons. The Morgan fingerprint density at radius 1 is 0.950 bits per heavy atom. The van der Waals surface area contributed by atoms with Crippen molar-refractivity contribution in [1.82, 2.24) is 9.97 Å². The number of rotatable bonds is 3. The summed E-state index contributed by atoms with van der Waals surface area (Å²) in [5.74, 6) is 0. The molecule has 3 heteroatoms. The fourth-order valence-electron chi connectivity index (χ4n) is 2.12. The van der Waals surface area contributed by atoms with Gasteiger partial charge in [0.1, 0.15) is 0 Å². The number of hydrogen-bond acceptors (Lipinski definition) is 2. The van der Waals surface area contributed by atoms with Gasteiger partial charge in [0.2, 0.25) is 0 Å². The molecule has 1 N–H and O–H groups in total. The van der Waals surface area contributed by atoms with E-state index in [1.807, 2.05) is 60.8 Å². The minimum atomic E-state index is -0.0420. The molecule has 0 aliphatic heterocycles. The molecular formula is C17H14N2O. The maximum atomic E-state index is 11.6. The first-order valence-electron chi connectivity index (χ1n) is 6.50. The second kappa shape index (κ2) is 5.53. The number of aromatic nitrogens is 2. The molecular weight excluding hydrogens is 248 g/mol. The van der Waals surface area contributed by atoms with Gasteiger partial charge in [-0.2, -0.15) is 0 Å². The van der Waals surface area contributed by atoms with Crippen LogP contribution in [-0.2, 0) is 6.42 Å². The largest absolute Gasteiger partial charge is 0.329 e. The highest BCUT2D eigenvalue weighted by atomic mass is 16.1. The number of nitrogens with one attached hydrogen (secondary N) is 1. The molecule has 0 bridgehead atoms. The van der Waals surface area contributed by atoms with Crippen LogP contribution in [0.4, 0.5) is 0 Å². The highest BCUT2D eigenvalue weighted by Gasteiger charge is 2.02. The molecule has 3 rings (SSSR count). The Bertz CT molecular complexity index is 746. The molecule has 3 aromatic rings. The Labute approximate surface area is 117 Å². The van der Waals surface area contributed by atoms with Crippen molar-refractivity contribution in [3.8, 4) is 11.3 Å². The predicted octanol–water partition coefficient (Wildman–Crippen LogP) is 3.03. The number of aromatic amines is 1. The summed E-state index contributed by atoms with van der Waals surface area (Å²) in [4.78, 5) is 18.8. The summed E-state index contributed by atoms with van der Waals surface area (Å²) < 4.78 is 0. The first-order chi connectivity index (χ1) is 9.83. The van der Waals surface area contributed by atoms with Crippen LogP contribution in [0.5, 0.6) is 0 Å². The van der Waals surface area contributed by atoms with E-state index in [4.69, 9.17) is 0 Å². The van der Waals surface area contributed by atoms with Crippen molar-refractivity contribution < 1.29 is 0 Å². The molecule has 0 aliphatic rings. The summed E-state index contributed by atoms with van der Waals surface area (Å²) >= 11 is 0. The van der Waals surface area contributed by atoms with Crippen molar-refractivity contribution in [2.45, 2.75) is 6.42 Å². The third-order valence-corrected chi connectivity index (χ3v) is 3.19. The standard InChI is InChI=1S/C17H14N2O/c20-17-15(7-4-10-18-17)11-13-8-9-16(19-12-13)14-5-2-1-3-6-14/h1-10,12H,11H2,(H,18,20). The Hall–Kier alpha value is -2.68. The van der Waals surface area contributed by atoms with E-state index in [-0.39, 0.29) is 5.56 Å². The van der Waals surface area contributed by atoms with Gasteiger partial charge in [-0.05, 0) is 17.7 Å². The second-order valence-corrected chi connectivity index (χ2v) is 4.62. The van der Waals surface area contributed by atoms with Crippen molar-refractivity contribution in [3.63, 3.8) is 0 Å². The third-order valence-electron chi connectivity index (χ3n) is 3.19. The molecule has 0 aliphatic carbocycles. The number of hydrogen-bond donors (Lipinski definition) is 1. The Morgan fingerprint density at radius 2 is 1.80 bits per heavy atom. The molecule has 2 heterocycles. The van der Waals surface area contributed by atoms with Crippen LogP contribution in [0.2, 0.25) is 0 Å². The summed E-state index contributed by atoms with van der Waals surface area (Å²) in [6.07, 6.45) is 4.07. The van der Waals surface area contributed by atoms with Gasteiger partial charge in [0, 0.05) is 29.9 Å². The molecule has 0 fully saturated rings. The molecule has 0 saturated carbocycles. The van der Waals surface area contributed by atoms with Gasteiger partial charge in [-0.1, -0.05) is 42.5 Å². The fraction of sp³-hybridized carbons (Fsp3) is 0.0588. The van der Waals surface area contributed by atoms with Gasteiger partial charge in [-0.25, -0.2) is 0 Å². The Kier molecular flexibility index (Phi) is 3.42. The summed E-state index contributed by atoms with van der Waals surface area (Å²) in [5, 5.41) is 0. The van der Waals surface area contributed by atoms with Gasteiger partial charge in [0.05, 0.1) is 5.69 Å². The third kappa shape index (κ3) is 2.67. The first-order valence-corrected chi connectivity index (χ1v) is 6.50. The summed E-state index contributed by atoms with van der Waals surface area (Å²) in [6.45, 7) is 0. The zero-order chi connectivity index (χ0) is 13.8. The van der Waals surface area contributed by atoms with Crippen molar-refractivity contribution in [2.75, 3.05) is 0 Å². The van der Waals surface area contributed by atoms with Crippen LogP contribution < -0.4 is 5.56 Å². The maximum absolute atomic E-state index is 11.6. The predicted molar refractivity (Wildman–Crippen MR) is 79.5 cm³/mol. The zero-order valence-electron chi connectivity index (χ0n) is 10.9. The summed E-state index contributed by atoms with van der Waals surface area (Å²) in [5.41, 5.74) is 3.77. The van der Waals surface area contributed by atoms with Gasteiger partial charge in [0.15, 0.2) is 0 Å². The summed E-state index contributed by atoms with van der Waals surface area (Å²) in [6, 6.07) is 17.7. The van der Waals surface area contributed by atoms with Crippen molar-refractivity contribution in [2.24, 2.45) is 0 Å². The van der Waals surface area contributed by atoms with E-state index >= 15 is 0 Å². The molecule has 0 amide bonds.